The largest absolute Gasteiger partial charge is 0.756 e. The van der Waals surface area contributed by atoms with E-state index in [0.29, 0.717) is 0 Å². The number of nitrogens with one attached hydrogen (secondary N) is 1. The Labute approximate surface area is 182 Å². The number of aromatic amines is 1. The van der Waals surface area contributed by atoms with Crippen molar-refractivity contribution in [1.82, 2.24) is 19.5 Å². The van der Waals surface area contributed by atoms with E-state index >= 15 is 0 Å². The van der Waals surface area contributed by atoms with Gasteiger partial charge in [-0.1, -0.05) is 0 Å². The molecule has 1 fully saturated rings. The fraction of sp³-hybridized carbons (Fsp3) is 0.545. The molecular formula is C11H15N5O14P3-3. The molecule has 6 N–H and O–H groups in total. The Bertz CT molecular complexity index is 1250. The minimum absolute atomic E-state index is 0.149. The van der Waals surface area contributed by atoms with Gasteiger partial charge < -0.3 is 44.8 Å². The van der Waals surface area contributed by atoms with Crippen LogP contribution in [0.25, 0.3) is 11.2 Å². The van der Waals surface area contributed by atoms with Crippen molar-refractivity contribution in [1.29, 1.82) is 0 Å². The monoisotopic (exact) mass is 534 g/mol. The number of imidazole rings is 1. The Balaban J connectivity index is 1.78. The van der Waals surface area contributed by atoms with E-state index in [1.54, 1.807) is 0 Å². The Morgan fingerprint density at radius 3 is 2.55 bits per heavy atom. The number of phosphoric ester groups is 1. The summed E-state index contributed by atoms with van der Waals surface area (Å²) in [6.45, 7) is -0.0454. The summed E-state index contributed by atoms with van der Waals surface area (Å²) in [4.78, 5) is 63.5. The molecule has 1 aliphatic heterocycles. The molecule has 4 unspecified atom stereocenters. The second-order valence-corrected chi connectivity index (χ2v) is 11.1. The van der Waals surface area contributed by atoms with Gasteiger partial charge in [0.25, 0.3) is 29.0 Å². The molecule has 3 heterocycles. The topological polar surface area (TPSA) is 308 Å². The van der Waals surface area contributed by atoms with Gasteiger partial charge in [-0.2, -0.15) is 4.98 Å². The number of fused-ring (bicyclic) bond motifs is 1. The molecule has 2 aromatic heterocycles. The third-order valence-electron chi connectivity index (χ3n) is 4.26. The van der Waals surface area contributed by atoms with Gasteiger partial charge in [-0.15, -0.1) is 0 Å². The lowest BCUT2D eigenvalue weighted by atomic mass is 9.96. The smallest absolute Gasteiger partial charge is 0.280 e. The van der Waals surface area contributed by atoms with Crippen LogP contribution in [0.1, 0.15) is 13.2 Å². The van der Waals surface area contributed by atoms with E-state index in [2.05, 4.69) is 28.1 Å². The fourth-order valence-corrected chi connectivity index (χ4v) is 5.84. The first-order valence-corrected chi connectivity index (χ1v) is 12.8. The molecule has 1 aliphatic rings. The summed E-state index contributed by atoms with van der Waals surface area (Å²) < 4.78 is 50.7. The number of aliphatic hydroxyl groups is 2. The highest BCUT2D eigenvalue weighted by atomic mass is 31.3. The lowest BCUT2D eigenvalue weighted by molar-refractivity contribution is -0.250. The van der Waals surface area contributed by atoms with E-state index in [-0.39, 0.29) is 17.1 Å². The number of aliphatic hydroxyl groups excluding tert-OH is 1. The molecule has 1 saturated heterocycles. The van der Waals surface area contributed by atoms with E-state index in [4.69, 9.17) is 15.4 Å². The minimum Gasteiger partial charge on any atom is -0.756 e. The Morgan fingerprint density at radius 1 is 1.30 bits per heavy atom. The Hall–Kier alpha value is -1.56. The van der Waals surface area contributed by atoms with Crippen LogP contribution < -0.4 is 26.0 Å². The van der Waals surface area contributed by atoms with Crippen LogP contribution in [0.3, 0.4) is 0 Å². The first-order valence-electron chi connectivity index (χ1n) is 8.43. The fourth-order valence-electron chi connectivity index (χ4n) is 2.94. The molecule has 7 atom stereocenters. The Kier molecular flexibility index (Phi) is 6.78. The molecule has 22 heteroatoms. The van der Waals surface area contributed by atoms with E-state index < -0.39 is 59.7 Å². The number of aromatic nitrogens is 4. The highest BCUT2D eigenvalue weighted by Crippen LogP contribution is 2.61. The van der Waals surface area contributed by atoms with Gasteiger partial charge in [0, 0.05) is 0 Å². The second-order valence-electron chi connectivity index (χ2n) is 6.79. The van der Waals surface area contributed by atoms with Crippen molar-refractivity contribution >= 4 is 40.6 Å². The van der Waals surface area contributed by atoms with E-state index in [1.807, 2.05) is 0 Å². The van der Waals surface area contributed by atoms with E-state index in [0.717, 1.165) is 17.8 Å². The lowest BCUT2D eigenvalue weighted by Gasteiger charge is -2.33. The molecule has 3 rings (SSSR count). The number of hydrogen-bond donors (Lipinski definition) is 5. The molecular weight excluding hydrogens is 519 g/mol. The maximum Gasteiger partial charge on any atom is 0.280 e. The highest BCUT2D eigenvalue weighted by molar-refractivity contribution is 7.65. The molecule has 0 bridgehead atoms. The van der Waals surface area contributed by atoms with Crippen LogP contribution in [0.4, 0.5) is 5.95 Å². The maximum atomic E-state index is 11.9. The first kappa shape index (κ1) is 26.1. The van der Waals surface area contributed by atoms with Crippen molar-refractivity contribution < 1.29 is 61.4 Å². The number of rotatable bonds is 8. The number of anilines is 1. The third kappa shape index (κ3) is 5.75. The summed E-state index contributed by atoms with van der Waals surface area (Å²) in [7, 11) is -17.9. The highest BCUT2D eigenvalue weighted by Gasteiger charge is 2.54. The zero-order valence-electron chi connectivity index (χ0n) is 16.1. The number of H-pyrrole nitrogens is 1. The summed E-state index contributed by atoms with van der Waals surface area (Å²) in [6, 6.07) is 0. The van der Waals surface area contributed by atoms with Gasteiger partial charge in [-0.05, 0) is 6.92 Å². The maximum absolute atomic E-state index is 11.9. The molecule has 0 aliphatic carbocycles. The first-order chi connectivity index (χ1) is 14.9. The molecule has 33 heavy (non-hydrogen) atoms. The average molecular weight is 534 g/mol. The van der Waals surface area contributed by atoms with Crippen molar-refractivity contribution in [2.45, 2.75) is 31.0 Å². The molecule has 19 nitrogen and oxygen atoms in total. The van der Waals surface area contributed by atoms with Crippen molar-refractivity contribution in [3.63, 3.8) is 0 Å². The predicted molar refractivity (Wildman–Crippen MR) is 96.3 cm³/mol. The van der Waals surface area contributed by atoms with Gasteiger partial charge >= 0.3 is 0 Å². The molecule has 0 saturated carbocycles. The lowest BCUT2D eigenvalue weighted by Crippen LogP contribution is -2.44. The van der Waals surface area contributed by atoms with Crippen LogP contribution >= 0.6 is 23.5 Å². The van der Waals surface area contributed by atoms with Crippen LogP contribution in [0.5, 0.6) is 0 Å². The number of ether oxygens (including phenoxy) is 1. The van der Waals surface area contributed by atoms with Crippen LogP contribution in [0, 0.1) is 0 Å². The van der Waals surface area contributed by atoms with Gasteiger partial charge in [0.1, 0.15) is 17.8 Å². The summed E-state index contributed by atoms with van der Waals surface area (Å²) >= 11 is 0. The Morgan fingerprint density at radius 2 is 1.94 bits per heavy atom. The predicted octanol–water partition coefficient (Wildman–Crippen LogP) is -3.84. The molecule has 0 radical (unpaired) electrons. The van der Waals surface area contributed by atoms with Crippen LogP contribution in [-0.4, -0.2) is 59.0 Å². The molecule has 186 valence electrons. The summed E-state index contributed by atoms with van der Waals surface area (Å²) in [6.07, 6.45) is -3.97. The summed E-state index contributed by atoms with van der Waals surface area (Å²) in [5.74, 6) is -0.300. The third-order valence-corrected chi connectivity index (χ3v) is 7.95. The average Bonchev–Trinajstić information content (AvgIpc) is 3.10. The number of nitrogens with zero attached hydrogens (tertiary/aromatic N) is 3. The second kappa shape index (κ2) is 8.58. The van der Waals surface area contributed by atoms with Gasteiger partial charge in [-0.25, -0.2) is 13.6 Å². The zero-order valence-corrected chi connectivity index (χ0v) is 18.8. The zero-order chi connectivity index (χ0) is 25.0. The normalized spacial score (nSPS) is 31.2. The van der Waals surface area contributed by atoms with Gasteiger partial charge in [-0.3, -0.25) is 28.0 Å². The number of nitrogens with two attached hydrogens (primary N) is 1. The SMILES string of the molecule is CC1(O)[C@@H](O)[C@@H](COP(=O)([O-])OP(=O)([O-])OP(=O)([O-])O)O[C@H]1n1cnc2c(=O)[nH]c(N)nc21. The van der Waals surface area contributed by atoms with Gasteiger partial charge in [0.2, 0.25) is 5.95 Å². The van der Waals surface area contributed by atoms with E-state index in [9.17, 15) is 43.4 Å². The number of phosphoric acid groups is 3. The van der Waals surface area contributed by atoms with Crippen LogP contribution in [-0.2, 0) is 31.6 Å². The number of hydrogen-bond acceptors (Lipinski definition) is 16. The quantitative estimate of drug-likeness (QED) is 0.202. The molecule has 0 aromatic carbocycles. The van der Waals surface area contributed by atoms with Crippen molar-refractivity contribution in [2.75, 3.05) is 12.3 Å². The number of nitrogen functional groups attached to an aromatic ring is 1. The summed E-state index contributed by atoms with van der Waals surface area (Å²) in [5.41, 5.74) is 2.27. The van der Waals surface area contributed by atoms with Crippen molar-refractivity contribution in [3.8, 4) is 0 Å². The van der Waals surface area contributed by atoms with Crippen LogP contribution in [0.15, 0.2) is 11.1 Å². The van der Waals surface area contributed by atoms with Crippen molar-refractivity contribution in [3.05, 3.63) is 16.7 Å². The summed E-state index contributed by atoms with van der Waals surface area (Å²) in [5, 5.41) is 21.1. The molecule has 2 aromatic rings. The standard InChI is InChI=1S/C11H18N5O14P3/c1-11(19)6(17)4(2-27-32(23,24)30-33(25,26)29-31(20,21)22)28-9(11)16-3-13-5-7(16)14-10(12)15-8(5)18/h3-4,6,9,17,19H,2H2,1H3,(H,23,24)(H,25,26)(H2,20,21,22)(H3,12,14,15,18)/p-3/t4-,6+,9-,11?/m1/s1. The molecule has 0 spiro atoms. The van der Waals surface area contributed by atoms with E-state index in [1.165, 1.54) is 0 Å². The van der Waals surface area contributed by atoms with Gasteiger partial charge in [0.05, 0.1) is 12.9 Å². The van der Waals surface area contributed by atoms with Gasteiger partial charge in [0.15, 0.2) is 17.4 Å². The van der Waals surface area contributed by atoms with Crippen LogP contribution in [0.2, 0.25) is 0 Å². The minimum atomic E-state index is -6.12. The van der Waals surface area contributed by atoms with Crippen molar-refractivity contribution in [2.24, 2.45) is 0 Å². The molecule has 0 amide bonds.